The molecule has 0 saturated carbocycles. The normalized spacial score (nSPS) is 12.1. The van der Waals surface area contributed by atoms with Crippen molar-refractivity contribution in [1.82, 2.24) is 0 Å². The highest BCUT2D eigenvalue weighted by atomic mass is 19.4. The lowest BCUT2D eigenvalue weighted by Crippen LogP contribution is -2.14. The molecule has 7 heteroatoms. The second kappa shape index (κ2) is 10.3. The SMILES string of the molecule is C=C(N)[C@@H](CC(=O)OC)c1ccc(OCc2cccc(-c3ccc(C(F)(F)F)cc3)c2)cc1. The molecule has 0 spiro atoms. The number of halogens is 3. The summed E-state index contributed by atoms with van der Waals surface area (Å²) in [7, 11) is 1.32. The van der Waals surface area contributed by atoms with Crippen LogP contribution in [0.3, 0.4) is 0 Å². The molecule has 33 heavy (non-hydrogen) atoms. The minimum atomic E-state index is -4.36. The van der Waals surface area contributed by atoms with Gasteiger partial charge in [-0.15, -0.1) is 0 Å². The molecule has 1 atom stereocenters. The Morgan fingerprint density at radius 2 is 1.67 bits per heavy atom. The number of nitrogens with two attached hydrogens (primary N) is 1. The first-order valence-electron chi connectivity index (χ1n) is 10.2. The van der Waals surface area contributed by atoms with Crippen LogP contribution < -0.4 is 10.5 Å². The van der Waals surface area contributed by atoms with E-state index in [9.17, 15) is 18.0 Å². The lowest BCUT2D eigenvalue weighted by molar-refractivity contribution is -0.141. The summed E-state index contributed by atoms with van der Waals surface area (Å²) < 4.78 is 48.9. The molecule has 4 nitrogen and oxygen atoms in total. The molecule has 0 saturated heterocycles. The molecular formula is C26H24F3NO3. The van der Waals surface area contributed by atoms with Gasteiger partial charge in [-0.2, -0.15) is 13.2 Å². The number of hydrogen-bond donors (Lipinski definition) is 1. The Labute approximate surface area is 190 Å². The summed E-state index contributed by atoms with van der Waals surface area (Å²) in [6.07, 6.45) is -4.26. The molecule has 0 unspecified atom stereocenters. The van der Waals surface area contributed by atoms with Crippen molar-refractivity contribution in [1.29, 1.82) is 0 Å². The van der Waals surface area contributed by atoms with E-state index in [0.717, 1.165) is 28.8 Å². The Kier molecular flexibility index (Phi) is 7.43. The van der Waals surface area contributed by atoms with Crippen molar-refractivity contribution in [2.24, 2.45) is 5.73 Å². The zero-order valence-electron chi connectivity index (χ0n) is 18.1. The largest absolute Gasteiger partial charge is 0.489 e. The molecule has 3 aromatic rings. The molecule has 0 aliphatic heterocycles. The van der Waals surface area contributed by atoms with Gasteiger partial charge < -0.3 is 15.2 Å². The standard InChI is InChI=1S/C26H24F3NO3/c1-17(30)24(15-25(31)32-2)20-8-12-23(13-9-20)33-16-18-4-3-5-21(14-18)19-6-10-22(11-7-19)26(27,28)29/h3-14,24H,1,15-16,30H2,2H3/t24-/m1/s1. The molecule has 0 bridgehead atoms. The first kappa shape index (κ1) is 23.9. The van der Waals surface area contributed by atoms with Crippen LogP contribution in [0.25, 0.3) is 11.1 Å². The Bertz CT molecular complexity index is 1110. The number of alkyl halides is 3. The van der Waals surface area contributed by atoms with Crippen molar-refractivity contribution < 1.29 is 27.4 Å². The summed E-state index contributed by atoms with van der Waals surface area (Å²) >= 11 is 0. The smallest absolute Gasteiger partial charge is 0.416 e. The maximum Gasteiger partial charge on any atom is 0.416 e. The van der Waals surface area contributed by atoms with E-state index in [4.69, 9.17) is 15.2 Å². The quantitative estimate of drug-likeness (QED) is 0.419. The van der Waals surface area contributed by atoms with Crippen LogP contribution in [0.15, 0.2) is 85.1 Å². The number of methoxy groups -OCH3 is 1. The number of ether oxygens (including phenoxy) is 2. The van der Waals surface area contributed by atoms with Gasteiger partial charge in [-0.25, -0.2) is 0 Å². The van der Waals surface area contributed by atoms with Gasteiger partial charge in [-0.1, -0.05) is 49.0 Å². The average Bonchev–Trinajstić information content (AvgIpc) is 2.81. The highest BCUT2D eigenvalue weighted by Crippen LogP contribution is 2.31. The number of hydrogen-bond acceptors (Lipinski definition) is 4. The van der Waals surface area contributed by atoms with Crippen LogP contribution in [-0.4, -0.2) is 13.1 Å². The fourth-order valence-corrected chi connectivity index (χ4v) is 3.37. The summed E-state index contributed by atoms with van der Waals surface area (Å²) in [5, 5.41) is 0. The number of carbonyl (C=O) groups is 1. The van der Waals surface area contributed by atoms with Crippen LogP contribution in [0.2, 0.25) is 0 Å². The lowest BCUT2D eigenvalue weighted by atomic mass is 9.93. The summed E-state index contributed by atoms with van der Waals surface area (Å²) in [5.41, 5.74) is 8.72. The van der Waals surface area contributed by atoms with Gasteiger partial charge in [0.1, 0.15) is 12.4 Å². The lowest BCUT2D eigenvalue weighted by Gasteiger charge is -2.16. The zero-order chi connectivity index (χ0) is 24.0. The van der Waals surface area contributed by atoms with E-state index >= 15 is 0 Å². The fraction of sp³-hybridized carbons (Fsp3) is 0.192. The second-order valence-electron chi connectivity index (χ2n) is 7.54. The number of allylic oxidation sites excluding steroid dienone is 1. The molecule has 0 aliphatic rings. The predicted molar refractivity (Wildman–Crippen MR) is 120 cm³/mol. The third-order valence-electron chi connectivity index (χ3n) is 5.21. The van der Waals surface area contributed by atoms with Gasteiger partial charge in [0.15, 0.2) is 0 Å². The minimum Gasteiger partial charge on any atom is -0.489 e. The summed E-state index contributed by atoms with van der Waals surface area (Å²) in [5.74, 6) is -0.107. The van der Waals surface area contributed by atoms with Crippen LogP contribution >= 0.6 is 0 Å². The fourth-order valence-electron chi connectivity index (χ4n) is 3.37. The van der Waals surface area contributed by atoms with Crippen molar-refractivity contribution >= 4 is 5.97 Å². The third-order valence-corrected chi connectivity index (χ3v) is 5.21. The maximum absolute atomic E-state index is 12.8. The molecule has 2 N–H and O–H groups in total. The summed E-state index contributed by atoms with van der Waals surface area (Å²) in [6, 6.07) is 19.7. The first-order valence-corrected chi connectivity index (χ1v) is 10.2. The van der Waals surface area contributed by atoms with Gasteiger partial charge in [-0.05, 0) is 52.6 Å². The summed E-state index contributed by atoms with van der Waals surface area (Å²) in [6.45, 7) is 4.03. The molecule has 0 radical (unpaired) electrons. The van der Waals surface area contributed by atoms with E-state index in [1.807, 2.05) is 36.4 Å². The van der Waals surface area contributed by atoms with Gasteiger partial charge in [0, 0.05) is 11.6 Å². The Hall–Kier alpha value is -3.74. The van der Waals surface area contributed by atoms with Crippen molar-refractivity contribution in [3.8, 4) is 16.9 Å². The van der Waals surface area contributed by atoms with Crippen LogP contribution in [0.4, 0.5) is 13.2 Å². The molecular weight excluding hydrogens is 431 g/mol. The number of carbonyl (C=O) groups excluding carboxylic acids is 1. The molecule has 3 aromatic carbocycles. The van der Waals surface area contributed by atoms with E-state index in [1.54, 1.807) is 12.1 Å². The Morgan fingerprint density at radius 3 is 2.24 bits per heavy atom. The minimum absolute atomic E-state index is 0.1000. The van der Waals surface area contributed by atoms with Gasteiger partial charge in [0.2, 0.25) is 0 Å². The highest BCUT2D eigenvalue weighted by molar-refractivity contribution is 5.71. The van der Waals surface area contributed by atoms with Crippen LogP contribution in [-0.2, 0) is 22.3 Å². The van der Waals surface area contributed by atoms with Crippen LogP contribution in [0.1, 0.15) is 29.0 Å². The van der Waals surface area contributed by atoms with Gasteiger partial charge in [0.05, 0.1) is 19.1 Å². The van der Waals surface area contributed by atoms with Gasteiger partial charge in [-0.3, -0.25) is 4.79 Å². The number of benzene rings is 3. The molecule has 0 aromatic heterocycles. The average molecular weight is 455 g/mol. The van der Waals surface area contributed by atoms with Crippen molar-refractivity contribution in [2.75, 3.05) is 7.11 Å². The van der Waals surface area contributed by atoms with Gasteiger partial charge in [0.25, 0.3) is 0 Å². The van der Waals surface area contributed by atoms with E-state index in [-0.39, 0.29) is 24.9 Å². The molecule has 0 heterocycles. The monoisotopic (exact) mass is 455 g/mol. The molecule has 0 amide bonds. The van der Waals surface area contributed by atoms with Gasteiger partial charge >= 0.3 is 12.1 Å². The van der Waals surface area contributed by atoms with E-state index in [0.29, 0.717) is 17.0 Å². The first-order chi connectivity index (χ1) is 15.7. The third kappa shape index (κ3) is 6.38. The van der Waals surface area contributed by atoms with Crippen molar-refractivity contribution in [3.63, 3.8) is 0 Å². The maximum atomic E-state index is 12.8. The van der Waals surface area contributed by atoms with E-state index < -0.39 is 11.7 Å². The van der Waals surface area contributed by atoms with E-state index in [2.05, 4.69) is 6.58 Å². The molecule has 172 valence electrons. The highest BCUT2D eigenvalue weighted by Gasteiger charge is 2.30. The predicted octanol–water partition coefficient (Wildman–Crippen LogP) is 6.07. The topological polar surface area (TPSA) is 61.6 Å². The van der Waals surface area contributed by atoms with Crippen molar-refractivity contribution in [3.05, 3.63) is 102 Å². The second-order valence-corrected chi connectivity index (χ2v) is 7.54. The Balaban J connectivity index is 1.67. The summed E-state index contributed by atoms with van der Waals surface area (Å²) in [4.78, 5) is 11.6. The zero-order valence-corrected chi connectivity index (χ0v) is 18.1. The van der Waals surface area contributed by atoms with E-state index in [1.165, 1.54) is 19.2 Å². The van der Waals surface area contributed by atoms with Crippen molar-refractivity contribution in [2.45, 2.75) is 25.1 Å². The Morgan fingerprint density at radius 1 is 1.00 bits per heavy atom. The molecule has 0 aliphatic carbocycles. The number of esters is 1. The van der Waals surface area contributed by atoms with Crippen LogP contribution in [0.5, 0.6) is 5.75 Å². The van der Waals surface area contributed by atoms with Crippen LogP contribution in [0, 0.1) is 0 Å². The molecule has 0 fully saturated rings. The number of rotatable bonds is 8. The molecule has 3 rings (SSSR count).